The Morgan fingerprint density at radius 1 is 0.811 bits per heavy atom. The van der Waals surface area contributed by atoms with Crippen molar-refractivity contribution in [1.82, 2.24) is 9.62 Å². The lowest BCUT2D eigenvalue weighted by Gasteiger charge is -2.33. The van der Waals surface area contributed by atoms with E-state index in [1.165, 1.54) is 5.56 Å². The zero-order valence-electron chi connectivity index (χ0n) is 22.1. The van der Waals surface area contributed by atoms with E-state index in [4.69, 9.17) is 0 Å². The fourth-order valence-corrected chi connectivity index (χ4v) is 6.91. The molecular formula is C31H38N2O3S. The molecule has 5 nitrogen and oxygen atoms in total. The van der Waals surface area contributed by atoms with Crippen molar-refractivity contribution in [3.8, 4) is 0 Å². The number of amides is 1. The number of nitrogens with zero attached hydrogens (tertiary/aromatic N) is 1. The highest BCUT2D eigenvalue weighted by Crippen LogP contribution is 2.29. The second kappa shape index (κ2) is 12.1. The van der Waals surface area contributed by atoms with Crippen molar-refractivity contribution in [1.29, 1.82) is 0 Å². The first-order chi connectivity index (χ1) is 17.7. The van der Waals surface area contributed by atoms with Gasteiger partial charge in [-0.2, -0.15) is 4.31 Å². The van der Waals surface area contributed by atoms with Gasteiger partial charge in [-0.1, -0.05) is 66.2 Å². The number of carbonyl (C=O) groups is 1. The van der Waals surface area contributed by atoms with E-state index >= 15 is 0 Å². The van der Waals surface area contributed by atoms with Gasteiger partial charge in [0.2, 0.25) is 15.9 Å². The third-order valence-corrected chi connectivity index (χ3v) is 8.98. The van der Waals surface area contributed by atoms with Gasteiger partial charge in [-0.25, -0.2) is 8.42 Å². The summed E-state index contributed by atoms with van der Waals surface area (Å²) < 4.78 is 29.2. The summed E-state index contributed by atoms with van der Waals surface area (Å²) >= 11 is 0. The van der Waals surface area contributed by atoms with Crippen LogP contribution in [0, 0.1) is 26.7 Å². The third kappa shape index (κ3) is 7.53. The zero-order chi connectivity index (χ0) is 26.4. The molecule has 6 heteroatoms. The summed E-state index contributed by atoms with van der Waals surface area (Å²) in [6.07, 6.45) is 3.91. The van der Waals surface area contributed by atoms with Crippen LogP contribution < -0.4 is 5.32 Å². The first kappa shape index (κ1) is 27.1. The van der Waals surface area contributed by atoms with E-state index in [2.05, 4.69) is 5.32 Å². The average Bonchev–Trinajstić information content (AvgIpc) is 2.86. The van der Waals surface area contributed by atoms with Gasteiger partial charge in [-0.05, 0) is 86.8 Å². The van der Waals surface area contributed by atoms with E-state index in [0.717, 1.165) is 47.9 Å². The standard InChI is InChI=1S/C31H38N2O3S/c1-23-9-11-26(12-10-23)20-31(34)32-29-15-13-28(14-16-29)22-33(21-27-7-5-4-6-8-27)37(35,36)30-18-24(2)17-25(3)19-30/h4-12,17-19,28-29H,13-16,20-22H2,1-3H3,(H,32,34). The number of nitrogens with one attached hydrogen (secondary N) is 1. The van der Waals surface area contributed by atoms with Gasteiger partial charge in [0.05, 0.1) is 11.3 Å². The summed E-state index contributed by atoms with van der Waals surface area (Å²) in [5.41, 5.74) is 5.07. The van der Waals surface area contributed by atoms with Crippen molar-refractivity contribution in [2.24, 2.45) is 5.92 Å². The predicted octanol–water partition coefficient (Wildman–Crippen LogP) is 5.72. The Morgan fingerprint density at radius 2 is 1.43 bits per heavy atom. The quantitative estimate of drug-likeness (QED) is 0.394. The number of hydrogen-bond acceptors (Lipinski definition) is 3. The van der Waals surface area contributed by atoms with E-state index in [1.54, 1.807) is 16.4 Å². The van der Waals surface area contributed by atoms with Crippen LogP contribution in [0.15, 0.2) is 77.7 Å². The SMILES string of the molecule is Cc1ccc(CC(=O)NC2CCC(CN(Cc3ccccc3)S(=O)(=O)c3cc(C)cc(C)c3)CC2)cc1. The molecular weight excluding hydrogens is 480 g/mol. The molecule has 1 aliphatic carbocycles. The molecule has 0 heterocycles. The van der Waals surface area contributed by atoms with Gasteiger partial charge < -0.3 is 5.32 Å². The molecule has 0 saturated heterocycles. The van der Waals surface area contributed by atoms with Gasteiger partial charge >= 0.3 is 0 Å². The maximum atomic E-state index is 13.8. The molecule has 196 valence electrons. The number of hydrogen-bond donors (Lipinski definition) is 1. The van der Waals surface area contributed by atoms with E-state index in [0.29, 0.717) is 24.4 Å². The molecule has 4 rings (SSSR count). The minimum atomic E-state index is -3.65. The molecule has 1 amide bonds. The Labute approximate surface area is 222 Å². The molecule has 0 atom stereocenters. The molecule has 0 radical (unpaired) electrons. The molecule has 0 bridgehead atoms. The average molecular weight is 519 g/mol. The van der Waals surface area contributed by atoms with E-state index < -0.39 is 10.0 Å². The van der Waals surface area contributed by atoms with Crippen LogP contribution in [0.25, 0.3) is 0 Å². The Morgan fingerprint density at radius 3 is 2.05 bits per heavy atom. The van der Waals surface area contributed by atoms with Crippen LogP contribution in [0.5, 0.6) is 0 Å². The number of aryl methyl sites for hydroxylation is 3. The third-order valence-electron chi connectivity index (χ3n) is 7.19. The fraction of sp³-hybridized carbons (Fsp3) is 0.387. The lowest BCUT2D eigenvalue weighted by molar-refractivity contribution is -0.121. The van der Waals surface area contributed by atoms with Crippen molar-refractivity contribution in [2.45, 2.75) is 70.4 Å². The highest BCUT2D eigenvalue weighted by atomic mass is 32.2. The Bertz CT molecular complexity index is 1280. The van der Waals surface area contributed by atoms with Crippen molar-refractivity contribution < 1.29 is 13.2 Å². The van der Waals surface area contributed by atoms with Gasteiger partial charge in [-0.3, -0.25) is 4.79 Å². The summed E-state index contributed by atoms with van der Waals surface area (Å²) in [6, 6.07) is 23.5. The van der Waals surface area contributed by atoms with E-state index in [-0.39, 0.29) is 17.9 Å². The smallest absolute Gasteiger partial charge is 0.243 e. The van der Waals surface area contributed by atoms with Gasteiger partial charge in [0, 0.05) is 19.1 Å². The van der Waals surface area contributed by atoms with Gasteiger partial charge in [0.25, 0.3) is 0 Å². The van der Waals surface area contributed by atoms with Crippen LogP contribution in [-0.2, 0) is 27.8 Å². The summed E-state index contributed by atoms with van der Waals surface area (Å²) in [5.74, 6) is 0.310. The van der Waals surface area contributed by atoms with Crippen LogP contribution in [0.4, 0.5) is 0 Å². The summed E-state index contributed by atoms with van der Waals surface area (Å²) in [6.45, 7) is 6.73. The van der Waals surface area contributed by atoms with Crippen molar-refractivity contribution >= 4 is 15.9 Å². The molecule has 3 aromatic carbocycles. The van der Waals surface area contributed by atoms with Crippen molar-refractivity contribution in [3.05, 3.63) is 101 Å². The minimum Gasteiger partial charge on any atom is -0.353 e. The summed E-state index contributed by atoms with van der Waals surface area (Å²) in [4.78, 5) is 12.9. The lowest BCUT2D eigenvalue weighted by atomic mass is 9.86. The predicted molar refractivity (Wildman–Crippen MR) is 149 cm³/mol. The Hall–Kier alpha value is -2.96. The molecule has 0 spiro atoms. The topological polar surface area (TPSA) is 66.5 Å². The molecule has 1 aliphatic rings. The van der Waals surface area contributed by atoms with Crippen LogP contribution in [-0.4, -0.2) is 31.2 Å². The van der Waals surface area contributed by atoms with Gasteiger partial charge in [0.1, 0.15) is 0 Å². The molecule has 3 aromatic rings. The van der Waals surface area contributed by atoms with E-state index in [1.807, 2.05) is 81.4 Å². The second-order valence-corrected chi connectivity index (χ2v) is 12.5. The van der Waals surface area contributed by atoms with Crippen molar-refractivity contribution in [3.63, 3.8) is 0 Å². The molecule has 0 unspecified atom stereocenters. The summed E-state index contributed by atoms with van der Waals surface area (Å²) in [7, 11) is -3.65. The highest BCUT2D eigenvalue weighted by Gasteiger charge is 2.30. The number of benzene rings is 3. The fourth-order valence-electron chi connectivity index (χ4n) is 5.21. The Kier molecular flexibility index (Phi) is 8.83. The van der Waals surface area contributed by atoms with Gasteiger partial charge in [-0.15, -0.1) is 0 Å². The molecule has 0 aromatic heterocycles. The van der Waals surface area contributed by atoms with Crippen LogP contribution in [0.3, 0.4) is 0 Å². The zero-order valence-corrected chi connectivity index (χ0v) is 22.9. The first-order valence-corrected chi connectivity index (χ1v) is 14.6. The molecule has 1 N–H and O–H groups in total. The van der Waals surface area contributed by atoms with E-state index in [9.17, 15) is 13.2 Å². The number of rotatable bonds is 9. The van der Waals surface area contributed by atoms with Crippen LogP contribution >= 0.6 is 0 Å². The maximum absolute atomic E-state index is 13.8. The largest absolute Gasteiger partial charge is 0.353 e. The molecule has 0 aliphatic heterocycles. The second-order valence-electron chi connectivity index (χ2n) is 10.6. The molecule has 1 saturated carbocycles. The Balaban J connectivity index is 1.40. The first-order valence-electron chi connectivity index (χ1n) is 13.2. The number of sulfonamides is 1. The lowest BCUT2D eigenvalue weighted by Crippen LogP contribution is -2.41. The van der Waals surface area contributed by atoms with Crippen molar-refractivity contribution in [2.75, 3.05) is 6.54 Å². The minimum absolute atomic E-state index is 0.0513. The van der Waals surface area contributed by atoms with Crippen LogP contribution in [0.2, 0.25) is 0 Å². The molecule has 1 fully saturated rings. The highest BCUT2D eigenvalue weighted by molar-refractivity contribution is 7.89. The van der Waals surface area contributed by atoms with Gasteiger partial charge in [0.15, 0.2) is 0 Å². The molecule has 37 heavy (non-hydrogen) atoms. The maximum Gasteiger partial charge on any atom is 0.243 e. The number of carbonyl (C=O) groups excluding carboxylic acids is 1. The van der Waals surface area contributed by atoms with Crippen LogP contribution in [0.1, 0.15) is 53.5 Å². The normalized spacial score (nSPS) is 18.1. The summed E-state index contributed by atoms with van der Waals surface area (Å²) in [5, 5.41) is 3.19. The monoisotopic (exact) mass is 518 g/mol.